The number of rotatable bonds is 2. The Morgan fingerprint density at radius 3 is 2.56 bits per heavy atom. The molecule has 90 valence electrons. The third-order valence-corrected chi connectivity index (χ3v) is 2.76. The fraction of sp³-hybridized carbons (Fsp3) is 0.133. The summed E-state index contributed by atoms with van der Waals surface area (Å²) in [7, 11) is 0. The predicted octanol–water partition coefficient (Wildman–Crippen LogP) is 2.17. The van der Waals surface area contributed by atoms with Crippen LogP contribution >= 0.6 is 0 Å². The number of nitrogen functional groups attached to an aromatic ring is 1. The highest BCUT2D eigenvalue weighted by Gasteiger charge is 2.12. The van der Waals surface area contributed by atoms with Crippen LogP contribution in [0.4, 0.5) is 5.69 Å². The van der Waals surface area contributed by atoms with Crippen molar-refractivity contribution in [3.63, 3.8) is 0 Å². The Kier molecular flexibility index (Phi) is 3.20. The van der Waals surface area contributed by atoms with E-state index in [-0.39, 0.29) is 11.9 Å². The van der Waals surface area contributed by atoms with E-state index in [4.69, 9.17) is 12.2 Å². The molecule has 1 amide bonds. The number of fused-ring (bicyclic) bond motifs is 1. The fourth-order valence-corrected chi connectivity index (χ4v) is 1.77. The SMILES string of the molecule is C#CC(C)NC(=O)c1cc2ccccc2cc1N. The van der Waals surface area contributed by atoms with Gasteiger partial charge in [-0.05, 0) is 29.8 Å². The second kappa shape index (κ2) is 4.80. The zero-order chi connectivity index (χ0) is 13.1. The predicted molar refractivity (Wildman–Crippen MR) is 74.1 cm³/mol. The minimum absolute atomic E-state index is 0.247. The number of carbonyl (C=O) groups is 1. The van der Waals surface area contributed by atoms with Crippen LogP contribution in [0, 0.1) is 12.3 Å². The monoisotopic (exact) mass is 238 g/mol. The third kappa shape index (κ3) is 2.28. The maximum Gasteiger partial charge on any atom is 0.254 e. The minimum Gasteiger partial charge on any atom is -0.398 e. The molecule has 18 heavy (non-hydrogen) atoms. The second-order valence-electron chi connectivity index (χ2n) is 4.15. The van der Waals surface area contributed by atoms with Gasteiger partial charge in [-0.15, -0.1) is 6.42 Å². The van der Waals surface area contributed by atoms with Gasteiger partial charge >= 0.3 is 0 Å². The second-order valence-corrected chi connectivity index (χ2v) is 4.15. The lowest BCUT2D eigenvalue weighted by Crippen LogP contribution is -2.31. The normalized spacial score (nSPS) is 11.8. The van der Waals surface area contributed by atoms with E-state index in [2.05, 4.69) is 11.2 Å². The standard InChI is InChI=1S/C15H14N2O/c1-3-10(2)17-15(18)13-8-11-6-4-5-7-12(11)9-14(13)16/h1,4-10H,16H2,2H3,(H,17,18). The average Bonchev–Trinajstić information content (AvgIpc) is 2.37. The van der Waals surface area contributed by atoms with Crippen LogP contribution in [-0.4, -0.2) is 11.9 Å². The van der Waals surface area contributed by atoms with E-state index in [9.17, 15) is 4.79 Å². The lowest BCUT2D eigenvalue weighted by molar-refractivity contribution is 0.0949. The number of anilines is 1. The van der Waals surface area contributed by atoms with Crippen molar-refractivity contribution in [2.24, 2.45) is 0 Å². The summed E-state index contributed by atoms with van der Waals surface area (Å²) in [4.78, 5) is 12.0. The van der Waals surface area contributed by atoms with Crippen molar-refractivity contribution in [2.75, 3.05) is 5.73 Å². The van der Waals surface area contributed by atoms with Gasteiger partial charge < -0.3 is 11.1 Å². The van der Waals surface area contributed by atoms with Crippen LogP contribution in [0.2, 0.25) is 0 Å². The van der Waals surface area contributed by atoms with Gasteiger partial charge in [0.05, 0.1) is 11.6 Å². The Bertz CT molecular complexity index is 640. The van der Waals surface area contributed by atoms with E-state index in [1.54, 1.807) is 19.1 Å². The molecule has 0 bridgehead atoms. The molecular formula is C15H14N2O. The average molecular weight is 238 g/mol. The number of nitrogens with two attached hydrogens (primary N) is 1. The van der Waals surface area contributed by atoms with Crippen LogP contribution in [0.5, 0.6) is 0 Å². The van der Waals surface area contributed by atoms with E-state index >= 15 is 0 Å². The first-order valence-corrected chi connectivity index (χ1v) is 5.67. The Morgan fingerprint density at radius 2 is 1.94 bits per heavy atom. The molecule has 3 heteroatoms. The largest absolute Gasteiger partial charge is 0.398 e. The smallest absolute Gasteiger partial charge is 0.254 e. The number of benzene rings is 2. The molecule has 0 aliphatic heterocycles. The zero-order valence-electron chi connectivity index (χ0n) is 10.1. The quantitative estimate of drug-likeness (QED) is 0.622. The Labute approximate surface area is 106 Å². The molecule has 0 spiro atoms. The number of hydrogen-bond acceptors (Lipinski definition) is 2. The topological polar surface area (TPSA) is 55.1 Å². The van der Waals surface area contributed by atoms with Crippen LogP contribution in [0.1, 0.15) is 17.3 Å². The van der Waals surface area contributed by atoms with E-state index in [1.807, 2.05) is 24.3 Å². The summed E-state index contributed by atoms with van der Waals surface area (Å²) in [5.41, 5.74) is 6.80. The van der Waals surface area contributed by atoms with Crippen LogP contribution in [0.3, 0.4) is 0 Å². The van der Waals surface area contributed by atoms with Gasteiger partial charge in [0.25, 0.3) is 5.91 Å². The highest BCUT2D eigenvalue weighted by molar-refractivity contribution is 6.04. The fourth-order valence-electron chi connectivity index (χ4n) is 1.77. The van der Waals surface area contributed by atoms with Crippen molar-refractivity contribution >= 4 is 22.4 Å². The van der Waals surface area contributed by atoms with Gasteiger partial charge in [0.2, 0.25) is 0 Å². The van der Waals surface area contributed by atoms with Crippen molar-refractivity contribution in [1.82, 2.24) is 5.32 Å². The van der Waals surface area contributed by atoms with Crippen LogP contribution in [0.25, 0.3) is 10.8 Å². The summed E-state index contributed by atoms with van der Waals surface area (Å²) in [6, 6.07) is 11.0. The lowest BCUT2D eigenvalue weighted by atomic mass is 10.0. The summed E-state index contributed by atoms with van der Waals surface area (Å²) in [5.74, 6) is 2.20. The number of terminal acetylenes is 1. The molecule has 0 aliphatic carbocycles. The highest BCUT2D eigenvalue weighted by atomic mass is 16.1. The minimum atomic E-state index is -0.316. The first-order valence-electron chi connectivity index (χ1n) is 5.67. The van der Waals surface area contributed by atoms with Crippen molar-refractivity contribution < 1.29 is 4.79 Å². The summed E-state index contributed by atoms with van der Waals surface area (Å²) in [5, 5.41) is 4.68. The molecule has 0 aliphatic rings. The van der Waals surface area contributed by atoms with Crippen LogP contribution < -0.4 is 11.1 Å². The van der Waals surface area contributed by atoms with Gasteiger partial charge in [-0.1, -0.05) is 30.2 Å². The van der Waals surface area contributed by atoms with E-state index in [1.165, 1.54) is 0 Å². The number of amides is 1. The summed E-state index contributed by atoms with van der Waals surface area (Å²) < 4.78 is 0. The van der Waals surface area contributed by atoms with Gasteiger partial charge in [0, 0.05) is 5.69 Å². The van der Waals surface area contributed by atoms with E-state index in [0.717, 1.165) is 10.8 Å². The molecular weight excluding hydrogens is 224 g/mol. The molecule has 2 rings (SSSR count). The maximum atomic E-state index is 12.0. The molecule has 0 radical (unpaired) electrons. The van der Waals surface area contributed by atoms with Crippen molar-refractivity contribution in [1.29, 1.82) is 0 Å². The zero-order valence-corrected chi connectivity index (χ0v) is 10.1. The molecule has 2 aromatic rings. The van der Waals surface area contributed by atoms with E-state index in [0.29, 0.717) is 11.3 Å². The molecule has 3 N–H and O–H groups in total. The number of hydrogen-bond donors (Lipinski definition) is 2. The molecule has 0 heterocycles. The van der Waals surface area contributed by atoms with Gasteiger partial charge in [0.15, 0.2) is 0 Å². The van der Waals surface area contributed by atoms with Crippen molar-refractivity contribution in [3.05, 3.63) is 42.0 Å². The maximum absolute atomic E-state index is 12.0. The Balaban J connectivity index is 2.42. The Morgan fingerprint density at radius 1 is 1.33 bits per heavy atom. The van der Waals surface area contributed by atoms with Crippen molar-refractivity contribution in [2.45, 2.75) is 13.0 Å². The number of nitrogens with one attached hydrogen (secondary N) is 1. The molecule has 2 aromatic carbocycles. The molecule has 0 saturated carbocycles. The van der Waals surface area contributed by atoms with Gasteiger partial charge in [0.1, 0.15) is 0 Å². The first-order chi connectivity index (χ1) is 8.61. The summed E-state index contributed by atoms with van der Waals surface area (Å²) in [6.07, 6.45) is 5.23. The van der Waals surface area contributed by atoms with Crippen LogP contribution in [0.15, 0.2) is 36.4 Å². The lowest BCUT2D eigenvalue weighted by Gasteiger charge is -2.10. The van der Waals surface area contributed by atoms with E-state index < -0.39 is 0 Å². The highest BCUT2D eigenvalue weighted by Crippen LogP contribution is 2.21. The molecule has 0 saturated heterocycles. The number of carbonyl (C=O) groups excluding carboxylic acids is 1. The van der Waals surface area contributed by atoms with Crippen LogP contribution in [-0.2, 0) is 0 Å². The molecule has 3 nitrogen and oxygen atoms in total. The van der Waals surface area contributed by atoms with Gasteiger partial charge in [-0.2, -0.15) is 0 Å². The van der Waals surface area contributed by atoms with Gasteiger partial charge in [-0.25, -0.2) is 0 Å². The third-order valence-electron chi connectivity index (χ3n) is 2.76. The molecule has 0 fully saturated rings. The molecule has 1 unspecified atom stereocenters. The molecule has 1 atom stereocenters. The first kappa shape index (κ1) is 12.0. The van der Waals surface area contributed by atoms with Gasteiger partial charge in [-0.3, -0.25) is 4.79 Å². The summed E-state index contributed by atoms with van der Waals surface area (Å²) in [6.45, 7) is 1.75. The summed E-state index contributed by atoms with van der Waals surface area (Å²) >= 11 is 0. The Hall–Kier alpha value is -2.47. The molecule has 0 aromatic heterocycles. The van der Waals surface area contributed by atoms with Crippen molar-refractivity contribution in [3.8, 4) is 12.3 Å².